The molecule has 0 bridgehead atoms. The van der Waals surface area contributed by atoms with Crippen molar-refractivity contribution in [3.05, 3.63) is 17.5 Å². The molecule has 0 saturated carbocycles. The predicted octanol–water partition coefficient (Wildman–Crippen LogP) is -1.49. The predicted molar refractivity (Wildman–Crippen MR) is 72.5 cm³/mol. The second-order valence-electron chi connectivity index (χ2n) is 4.55. The lowest BCUT2D eigenvalue weighted by molar-refractivity contribution is -0.903. The number of carbonyl (C=O) groups excluding carboxylic acids is 1. The fraction of sp³-hybridized carbons (Fsp3) is 0.545. The van der Waals surface area contributed by atoms with Crippen LogP contribution in [0.2, 0.25) is 0 Å². The highest BCUT2D eigenvalue weighted by molar-refractivity contribution is 7.91. The third kappa shape index (κ3) is 3.53. The monoisotopic (exact) mass is 304 g/mol. The van der Waals surface area contributed by atoms with E-state index >= 15 is 0 Å². The Kier molecular flexibility index (Phi) is 4.56. The first-order valence-corrected chi connectivity index (χ1v) is 8.47. The Labute approximate surface area is 116 Å². The lowest BCUT2D eigenvalue weighted by Crippen LogP contribution is -3.14. The fourth-order valence-corrected chi connectivity index (χ4v) is 4.72. The highest BCUT2D eigenvalue weighted by Crippen LogP contribution is 2.20. The molecule has 3 N–H and O–H groups in total. The molecule has 1 aromatic heterocycles. The highest BCUT2D eigenvalue weighted by Gasteiger charge is 2.30. The van der Waals surface area contributed by atoms with Crippen molar-refractivity contribution in [2.75, 3.05) is 32.7 Å². The van der Waals surface area contributed by atoms with Crippen molar-refractivity contribution in [2.45, 2.75) is 10.6 Å². The lowest BCUT2D eigenvalue weighted by Gasteiger charge is -2.30. The summed E-state index contributed by atoms with van der Waals surface area (Å²) < 4.78 is 26.5. The van der Waals surface area contributed by atoms with Gasteiger partial charge in [0.05, 0.1) is 39.1 Å². The number of amides is 1. The molecule has 0 aliphatic carbocycles. The van der Waals surface area contributed by atoms with Crippen LogP contribution in [0.4, 0.5) is 0 Å². The molecular formula is C11H18N3O3S2+. The van der Waals surface area contributed by atoms with Gasteiger partial charge < -0.3 is 10.6 Å². The SMILES string of the molecule is NC(=O)CC[NH+]1CCN(S(=O)(=O)c2cccs2)CC1. The van der Waals surface area contributed by atoms with Gasteiger partial charge in [-0.25, -0.2) is 8.42 Å². The molecule has 0 spiro atoms. The van der Waals surface area contributed by atoms with Gasteiger partial charge in [0.15, 0.2) is 0 Å². The number of sulfonamides is 1. The summed E-state index contributed by atoms with van der Waals surface area (Å²) in [6, 6.07) is 3.37. The van der Waals surface area contributed by atoms with Gasteiger partial charge >= 0.3 is 0 Å². The van der Waals surface area contributed by atoms with Gasteiger partial charge in [-0.05, 0) is 11.4 Å². The van der Waals surface area contributed by atoms with Crippen molar-refractivity contribution in [3.63, 3.8) is 0 Å². The Morgan fingerprint density at radius 3 is 2.63 bits per heavy atom. The minimum atomic E-state index is -3.33. The largest absolute Gasteiger partial charge is 0.369 e. The molecule has 0 atom stereocenters. The van der Waals surface area contributed by atoms with Crippen LogP contribution in [0, 0.1) is 0 Å². The molecule has 1 aliphatic rings. The number of nitrogens with two attached hydrogens (primary N) is 1. The maximum Gasteiger partial charge on any atom is 0.252 e. The number of quaternary nitrogens is 1. The van der Waals surface area contributed by atoms with Crippen LogP contribution in [0.5, 0.6) is 0 Å². The number of nitrogens with zero attached hydrogens (tertiary/aromatic N) is 1. The van der Waals surface area contributed by atoms with E-state index < -0.39 is 10.0 Å². The van der Waals surface area contributed by atoms with Crippen LogP contribution in [0.25, 0.3) is 0 Å². The lowest BCUT2D eigenvalue weighted by atomic mass is 10.3. The zero-order valence-electron chi connectivity index (χ0n) is 10.5. The number of rotatable bonds is 5. The minimum absolute atomic E-state index is 0.305. The first-order valence-electron chi connectivity index (χ1n) is 6.15. The van der Waals surface area contributed by atoms with Crippen molar-refractivity contribution >= 4 is 27.3 Å². The minimum Gasteiger partial charge on any atom is -0.369 e. The van der Waals surface area contributed by atoms with Crippen molar-refractivity contribution in [2.24, 2.45) is 5.73 Å². The fourth-order valence-electron chi connectivity index (χ4n) is 2.13. The Morgan fingerprint density at radius 1 is 1.42 bits per heavy atom. The molecule has 1 saturated heterocycles. The molecule has 1 fully saturated rings. The average Bonchev–Trinajstić information content (AvgIpc) is 2.91. The van der Waals surface area contributed by atoms with Crippen LogP contribution in [0.1, 0.15) is 6.42 Å². The average molecular weight is 304 g/mol. The number of hydrogen-bond donors (Lipinski definition) is 2. The Bertz CT molecular complexity index is 519. The highest BCUT2D eigenvalue weighted by atomic mass is 32.2. The normalized spacial score (nSPS) is 18.5. The molecule has 2 heterocycles. The summed E-state index contributed by atoms with van der Waals surface area (Å²) in [6.45, 7) is 3.11. The molecule has 1 aliphatic heterocycles. The van der Waals surface area contributed by atoms with E-state index in [-0.39, 0.29) is 5.91 Å². The Morgan fingerprint density at radius 2 is 2.11 bits per heavy atom. The van der Waals surface area contributed by atoms with Gasteiger partial charge in [0.1, 0.15) is 4.21 Å². The summed E-state index contributed by atoms with van der Waals surface area (Å²) >= 11 is 1.24. The van der Waals surface area contributed by atoms with Gasteiger partial charge in [0, 0.05) is 0 Å². The maximum atomic E-state index is 12.3. The quantitative estimate of drug-likeness (QED) is 0.695. The third-order valence-electron chi connectivity index (χ3n) is 3.24. The second-order valence-corrected chi connectivity index (χ2v) is 7.66. The maximum absolute atomic E-state index is 12.3. The number of thiophene rings is 1. The van der Waals surface area contributed by atoms with Crippen molar-refractivity contribution < 1.29 is 18.1 Å². The molecule has 2 rings (SSSR count). The first kappa shape index (κ1) is 14.4. The third-order valence-corrected chi connectivity index (χ3v) is 6.52. The van der Waals surface area contributed by atoms with E-state index in [0.717, 1.165) is 13.1 Å². The summed E-state index contributed by atoms with van der Waals surface area (Å²) in [5, 5.41) is 1.77. The smallest absolute Gasteiger partial charge is 0.252 e. The molecule has 0 unspecified atom stereocenters. The topological polar surface area (TPSA) is 84.9 Å². The van der Waals surface area contributed by atoms with Crippen molar-refractivity contribution in [3.8, 4) is 0 Å². The van der Waals surface area contributed by atoms with E-state index in [1.807, 2.05) is 0 Å². The molecule has 19 heavy (non-hydrogen) atoms. The summed E-state index contributed by atoms with van der Waals surface area (Å²) in [7, 11) is -3.33. The van der Waals surface area contributed by atoms with Crippen LogP contribution < -0.4 is 10.6 Å². The van der Waals surface area contributed by atoms with E-state index in [0.29, 0.717) is 30.3 Å². The van der Waals surface area contributed by atoms with Crippen molar-refractivity contribution in [1.29, 1.82) is 0 Å². The molecule has 1 amide bonds. The number of primary amides is 1. The number of hydrogen-bond acceptors (Lipinski definition) is 4. The summed E-state index contributed by atoms with van der Waals surface area (Å²) in [4.78, 5) is 12.0. The van der Waals surface area contributed by atoms with E-state index in [1.165, 1.54) is 20.5 Å². The van der Waals surface area contributed by atoms with Gasteiger partial charge in [-0.15, -0.1) is 11.3 Å². The van der Waals surface area contributed by atoms with Crippen LogP contribution in [-0.2, 0) is 14.8 Å². The molecule has 0 aromatic carbocycles. The standard InChI is InChI=1S/C11H17N3O3S2/c12-10(15)3-4-13-5-7-14(8-6-13)19(16,17)11-2-1-9-18-11/h1-2,9H,3-8H2,(H2,12,15)/p+1. The molecule has 106 valence electrons. The van der Waals surface area contributed by atoms with Crippen LogP contribution in [-0.4, -0.2) is 51.4 Å². The number of carbonyl (C=O) groups is 1. The van der Waals surface area contributed by atoms with Crippen LogP contribution >= 0.6 is 11.3 Å². The van der Waals surface area contributed by atoms with Gasteiger partial charge in [-0.2, -0.15) is 4.31 Å². The first-order chi connectivity index (χ1) is 9.00. The molecule has 0 radical (unpaired) electrons. The zero-order chi connectivity index (χ0) is 13.9. The van der Waals surface area contributed by atoms with E-state index in [1.54, 1.807) is 17.5 Å². The van der Waals surface area contributed by atoms with Gasteiger partial charge in [0.2, 0.25) is 5.91 Å². The van der Waals surface area contributed by atoms with E-state index in [2.05, 4.69) is 0 Å². The van der Waals surface area contributed by atoms with E-state index in [4.69, 9.17) is 5.73 Å². The van der Waals surface area contributed by atoms with Gasteiger partial charge in [0.25, 0.3) is 10.0 Å². The molecular weight excluding hydrogens is 286 g/mol. The molecule has 6 nitrogen and oxygen atoms in total. The Hall–Kier alpha value is -0.960. The van der Waals surface area contributed by atoms with Crippen LogP contribution in [0.3, 0.4) is 0 Å². The van der Waals surface area contributed by atoms with Crippen molar-refractivity contribution in [1.82, 2.24) is 4.31 Å². The van der Waals surface area contributed by atoms with Gasteiger partial charge in [-0.1, -0.05) is 6.07 Å². The molecule has 8 heteroatoms. The summed E-state index contributed by atoms with van der Waals surface area (Å²) in [6.07, 6.45) is 0.354. The number of nitrogens with one attached hydrogen (secondary N) is 1. The number of piperazine rings is 1. The zero-order valence-corrected chi connectivity index (χ0v) is 12.2. The molecule has 1 aromatic rings. The summed E-state index contributed by atoms with van der Waals surface area (Å²) in [5.41, 5.74) is 5.11. The van der Waals surface area contributed by atoms with Crippen LogP contribution in [0.15, 0.2) is 21.7 Å². The Balaban J connectivity index is 1.91. The van der Waals surface area contributed by atoms with Gasteiger partial charge in [-0.3, -0.25) is 4.79 Å². The van der Waals surface area contributed by atoms with E-state index in [9.17, 15) is 13.2 Å². The summed E-state index contributed by atoms with van der Waals surface area (Å²) in [5.74, 6) is -0.305. The second kappa shape index (κ2) is 6.00.